The van der Waals surface area contributed by atoms with Gasteiger partial charge in [0.1, 0.15) is 11.3 Å². The van der Waals surface area contributed by atoms with Gasteiger partial charge in [0.05, 0.1) is 30.7 Å². The highest BCUT2D eigenvalue weighted by Crippen LogP contribution is 2.38. The third-order valence-electron chi connectivity index (χ3n) is 5.18. The number of fused-ring (bicyclic) bond motifs is 2. The molecule has 3 aromatic heterocycles. The van der Waals surface area contributed by atoms with Gasteiger partial charge in [0, 0.05) is 29.3 Å². The van der Waals surface area contributed by atoms with Crippen molar-refractivity contribution in [2.75, 3.05) is 12.4 Å². The van der Waals surface area contributed by atoms with Crippen molar-refractivity contribution in [1.82, 2.24) is 19.7 Å². The van der Waals surface area contributed by atoms with E-state index in [2.05, 4.69) is 31.1 Å². The first-order valence-electron chi connectivity index (χ1n) is 8.92. The van der Waals surface area contributed by atoms with Crippen molar-refractivity contribution in [2.24, 2.45) is 13.0 Å². The normalized spacial score (nSPS) is 14.0. The number of aryl methyl sites for hydroxylation is 1. The zero-order chi connectivity index (χ0) is 18.5. The lowest BCUT2D eigenvalue weighted by Gasteiger charge is -2.10. The standard InChI is InChI=1S/C20H19N5O2/c1-25-15(14-6-5-12-9-22-24-18(12)19(14)27-2)7-13-8-17(21-10-16(13)25)23-20(26)11-3-4-11/h5-11H,3-4H2,1-2H3,(H,22,24)(H,21,23,26). The van der Waals surface area contributed by atoms with Gasteiger partial charge in [-0.25, -0.2) is 4.98 Å². The molecule has 7 nitrogen and oxygen atoms in total. The average molecular weight is 361 g/mol. The van der Waals surface area contributed by atoms with Crippen LogP contribution in [0.2, 0.25) is 0 Å². The maximum atomic E-state index is 12.0. The maximum Gasteiger partial charge on any atom is 0.228 e. The van der Waals surface area contributed by atoms with Gasteiger partial charge in [-0.15, -0.1) is 0 Å². The van der Waals surface area contributed by atoms with Crippen LogP contribution in [0.1, 0.15) is 12.8 Å². The van der Waals surface area contributed by atoms with Crippen molar-refractivity contribution in [1.29, 1.82) is 0 Å². The van der Waals surface area contributed by atoms with Crippen LogP contribution in [0, 0.1) is 5.92 Å². The molecule has 7 heteroatoms. The Morgan fingerprint density at radius 1 is 1.26 bits per heavy atom. The molecule has 5 rings (SSSR count). The zero-order valence-electron chi connectivity index (χ0n) is 15.1. The molecular weight excluding hydrogens is 342 g/mol. The van der Waals surface area contributed by atoms with Gasteiger partial charge in [0.15, 0.2) is 5.75 Å². The predicted octanol–water partition coefficient (Wildman–Crippen LogP) is 3.47. The smallest absolute Gasteiger partial charge is 0.228 e. The van der Waals surface area contributed by atoms with Gasteiger partial charge in [0.2, 0.25) is 5.91 Å². The van der Waals surface area contributed by atoms with Gasteiger partial charge in [-0.3, -0.25) is 9.89 Å². The molecule has 3 heterocycles. The first-order valence-corrected chi connectivity index (χ1v) is 8.92. The van der Waals surface area contributed by atoms with Gasteiger partial charge in [-0.2, -0.15) is 5.10 Å². The number of hydrogen-bond acceptors (Lipinski definition) is 4. The Morgan fingerprint density at radius 2 is 2.11 bits per heavy atom. The molecule has 0 unspecified atom stereocenters. The molecule has 0 spiro atoms. The largest absolute Gasteiger partial charge is 0.494 e. The molecule has 0 atom stereocenters. The Kier molecular flexibility index (Phi) is 3.43. The summed E-state index contributed by atoms with van der Waals surface area (Å²) in [6, 6.07) is 8.06. The second-order valence-electron chi connectivity index (χ2n) is 6.96. The van der Waals surface area contributed by atoms with Crippen LogP contribution in [0.15, 0.2) is 36.7 Å². The molecule has 1 saturated carbocycles. The number of rotatable bonds is 4. The molecule has 1 aliphatic rings. The number of pyridine rings is 1. The Hall–Kier alpha value is -3.35. The minimum atomic E-state index is 0.0596. The number of anilines is 1. The van der Waals surface area contributed by atoms with Crippen LogP contribution >= 0.6 is 0 Å². The summed E-state index contributed by atoms with van der Waals surface area (Å²) in [7, 11) is 3.66. The second-order valence-corrected chi connectivity index (χ2v) is 6.96. The highest BCUT2D eigenvalue weighted by Gasteiger charge is 2.29. The van der Waals surface area contributed by atoms with E-state index in [-0.39, 0.29) is 11.8 Å². The second kappa shape index (κ2) is 5.84. The summed E-state index contributed by atoms with van der Waals surface area (Å²) in [6.45, 7) is 0. The Bertz CT molecular complexity index is 1190. The Labute approximate surface area is 155 Å². The maximum absolute atomic E-state index is 12.0. The molecule has 0 bridgehead atoms. The molecule has 1 amide bonds. The number of H-pyrrole nitrogens is 1. The molecule has 4 aromatic rings. The monoisotopic (exact) mass is 361 g/mol. The zero-order valence-corrected chi connectivity index (χ0v) is 15.1. The van der Waals surface area contributed by atoms with Crippen LogP contribution in [0.5, 0.6) is 5.75 Å². The third-order valence-corrected chi connectivity index (χ3v) is 5.18. The first kappa shape index (κ1) is 15.9. The Balaban J connectivity index is 1.61. The van der Waals surface area contributed by atoms with Crippen LogP contribution in [0.3, 0.4) is 0 Å². The van der Waals surface area contributed by atoms with Crippen molar-refractivity contribution in [2.45, 2.75) is 12.8 Å². The van der Waals surface area contributed by atoms with Gasteiger partial charge >= 0.3 is 0 Å². The number of ether oxygens (including phenoxy) is 1. The van der Waals surface area contributed by atoms with Crippen LogP contribution in [0.4, 0.5) is 5.82 Å². The van der Waals surface area contributed by atoms with Gasteiger partial charge in [0.25, 0.3) is 0 Å². The highest BCUT2D eigenvalue weighted by molar-refractivity contribution is 5.97. The van der Waals surface area contributed by atoms with E-state index in [0.717, 1.165) is 51.7 Å². The first-order chi connectivity index (χ1) is 13.2. The number of nitrogens with one attached hydrogen (secondary N) is 2. The highest BCUT2D eigenvalue weighted by atomic mass is 16.5. The quantitative estimate of drug-likeness (QED) is 0.583. The summed E-state index contributed by atoms with van der Waals surface area (Å²) in [4.78, 5) is 16.4. The fourth-order valence-corrected chi connectivity index (χ4v) is 3.53. The van der Waals surface area contributed by atoms with Crippen LogP contribution in [-0.2, 0) is 11.8 Å². The fourth-order valence-electron chi connectivity index (χ4n) is 3.53. The number of carbonyl (C=O) groups is 1. The van der Waals surface area contributed by atoms with E-state index in [1.807, 2.05) is 25.2 Å². The van der Waals surface area contributed by atoms with Gasteiger partial charge < -0.3 is 14.6 Å². The predicted molar refractivity (Wildman–Crippen MR) is 104 cm³/mol. The molecule has 0 radical (unpaired) electrons. The summed E-state index contributed by atoms with van der Waals surface area (Å²) in [5, 5.41) is 12.0. The number of hydrogen-bond donors (Lipinski definition) is 2. The van der Waals surface area contributed by atoms with E-state index >= 15 is 0 Å². The number of benzene rings is 1. The molecule has 2 N–H and O–H groups in total. The Morgan fingerprint density at radius 3 is 2.89 bits per heavy atom. The minimum absolute atomic E-state index is 0.0596. The number of nitrogens with zero attached hydrogens (tertiary/aromatic N) is 3. The molecule has 136 valence electrons. The van der Waals surface area contributed by atoms with E-state index < -0.39 is 0 Å². The molecule has 0 aliphatic heterocycles. The lowest BCUT2D eigenvalue weighted by atomic mass is 10.1. The minimum Gasteiger partial charge on any atom is -0.494 e. The van der Waals surface area contributed by atoms with Crippen molar-refractivity contribution in [3.8, 4) is 17.0 Å². The molecule has 1 fully saturated rings. The number of methoxy groups -OCH3 is 1. The van der Waals surface area contributed by atoms with Crippen LogP contribution < -0.4 is 10.1 Å². The van der Waals surface area contributed by atoms with Crippen LogP contribution in [-0.4, -0.2) is 32.8 Å². The van der Waals surface area contributed by atoms with Crippen molar-refractivity contribution in [3.05, 3.63) is 36.7 Å². The van der Waals surface area contributed by atoms with Crippen molar-refractivity contribution >= 4 is 33.5 Å². The average Bonchev–Trinajstić information content (AvgIpc) is 3.34. The summed E-state index contributed by atoms with van der Waals surface area (Å²) >= 11 is 0. The molecular formula is C20H19N5O2. The van der Waals surface area contributed by atoms with Gasteiger partial charge in [-0.05, 0) is 31.0 Å². The third kappa shape index (κ3) is 2.54. The number of carbonyl (C=O) groups excluding carboxylic acids is 1. The van der Waals surface area contributed by atoms with Crippen molar-refractivity contribution < 1.29 is 9.53 Å². The van der Waals surface area contributed by atoms with E-state index in [1.54, 1.807) is 19.5 Å². The van der Waals surface area contributed by atoms with E-state index in [4.69, 9.17) is 4.74 Å². The number of amides is 1. The topological polar surface area (TPSA) is 84.8 Å². The fraction of sp³-hybridized carbons (Fsp3) is 0.250. The summed E-state index contributed by atoms with van der Waals surface area (Å²) < 4.78 is 7.75. The number of aromatic amines is 1. The summed E-state index contributed by atoms with van der Waals surface area (Å²) in [5.41, 5.74) is 3.83. The molecule has 1 aliphatic carbocycles. The molecule has 1 aromatic carbocycles. The molecule has 27 heavy (non-hydrogen) atoms. The van der Waals surface area contributed by atoms with E-state index in [9.17, 15) is 4.79 Å². The van der Waals surface area contributed by atoms with E-state index in [0.29, 0.717) is 5.82 Å². The summed E-state index contributed by atoms with van der Waals surface area (Å²) in [5.74, 6) is 1.56. The van der Waals surface area contributed by atoms with Crippen LogP contribution in [0.25, 0.3) is 33.1 Å². The van der Waals surface area contributed by atoms with Crippen molar-refractivity contribution in [3.63, 3.8) is 0 Å². The van der Waals surface area contributed by atoms with Gasteiger partial charge in [-0.1, -0.05) is 6.07 Å². The SMILES string of the molecule is COc1c(-c2cc3cc(NC(=O)C4CC4)ncc3n2C)ccc2cn[nH]c12. The lowest BCUT2D eigenvalue weighted by molar-refractivity contribution is -0.117. The number of aromatic nitrogens is 4. The summed E-state index contributed by atoms with van der Waals surface area (Å²) in [6.07, 6.45) is 5.52. The lowest BCUT2D eigenvalue weighted by Crippen LogP contribution is -2.14. The molecule has 0 saturated heterocycles. The van der Waals surface area contributed by atoms with E-state index in [1.165, 1.54) is 0 Å².